The maximum absolute atomic E-state index is 13.7. The molecule has 7 nitrogen and oxygen atoms in total. The second-order valence-electron chi connectivity index (χ2n) is 8.39. The van der Waals surface area contributed by atoms with Gasteiger partial charge < -0.3 is 10.6 Å². The molecule has 0 aliphatic carbocycles. The van der Waals surface area contributed by atoms with Crippen molar-refractivity contribution >= 4 is 33.2 Å². The van der Waals surface area contributed by atoms with Gasteiger partial charge in [0.1, 0.15) is 6.54 Å². The van der Waals surface area contributed by atoms with Crippen LogP contribution in [0.3, 0.4) is 0 Å². The van der Waals surface area contributed by atoms with Gasteiger partial charge in [0.05, 0.1) is 21.8 Å². The van der Waals surface area contributed by atoms with Gasteiger partial charge in [0.2, 0.25) is 5.91 Å². The number of carbonyl (C=O) groups excluding carboxylic acids is 2. The Labute approximate surface area is 207 Å². The molecule has 0 spiro atoms. The van der Waals surface area contributed by atoms with Gasteiger partial charge in [-0.1, -0.05) is 48.9 Å². The zero-order valence-corrected chi connectivity index (χ0v) is 21.3. The molecule has 8 heteroatoms. The molecule has 0 saturated carbocycles. The fourth-order valence-corrected chi connectivity index (χ4v) is 5.07. The number of hydrogen-bond donors (Lipinski definition) is 2. The van der Waals surface area contributed by atoms with Crippen molar-refractivity contribution in [3.63, 3.8) is 0 Å². The van der Waals surface area contributed by atoms with Crippen LogP contribution in [-0.4, -0.2) is 33.3 Å². The summed E-state index contributed by atoms with van der Waals surface area (Å²) in [5.74, 6) is -0.862. The molecule has 0 atom stereocenters. The second kappa shape index (κ2) is 11.2. The Morgan fingerprint density at radius 3 is 2.26 bits per heavy atom. The number of aryl methyl sites for hydroxylation is 2. The monoisotopic (exact) mass is 493 g/mol. The van der Waals surface area contributed by atoms with Crippen LogP contribution < -0.4 is 14.9 Å². The molecule has 0 aromatic heterocycles. The van der Waals surface area contributed by atoms with Crippen molar-refractivity contribution in [1.82, 2.24) is 5.32 Å². The van der Waals surface area contributed by atoms with E-state index < -0.39 is 22.5 Å². The first-order chi connectivity index (χ1) is 16.6. The fraction of sp³-hybridized carbons (Fsp3) is 0.259. The van der Waals surface area contributed by atoms with E-state index in [0.717, 1.165) is 27.4 Å². The third-order valence-corrected chi connectivity index (χ3v) is 7.50. The third-order valence-electron chi connectivity index (χ3n) is 5.72. The van der Waals surface area contributed by atoms with Crippen molar-refractivity contribution in [2.75, 3.05) is 22.7 Å². The number of anilines is 2. The SMILES string of the molecule is CCCNC(=O)c1ccccc1NC(=O)CN(c1cccc(C)c1C)S(=O)(=O)c1ccc(C)cc1. The molecular weight excluding hydrogens is 462 g/mol. The Hall–Kier alpha value is -3.65. The van der Waals surface area contributed by atoms with Gasteiger partial charge in [-0.15, -0.1) is 0 Å². The summed E-state index contributed by atoms with van der Waals surface area (Å²) in [5.41, 5.74) is 3.65. The lowest BCUT2D eigenvalue weighted by molar-refractivity contribution is -0.114. The zero-order valence-electron chi connectivity index (χ0n) is 20.5. The standard InChI is InChI=1S/C27H31N3O4S/c1-5-17-28-27(32)23-10-6-7-11-24(23)29-26(31)18-30(25-12-8-9-20(3)21(25)4)35(33,34)22-15-13-19(2)14-16-22/h6-16H,5,17-18H2,1-4H3,(H,28,32)(H,29,31). The Morgan fingerprint density at radius 2 is 1.57 bits per heavy atom. The van der Waals surface area contributed by atoms with Crippen molar-refractivity contribution in [3.05, 3.63) is 89.0 Å². The zero-order chi connectivity index (χ0) is 25.6. The van der Waals surface area contributed by atoms with Crippen LogP contribution in [0.4, 0.5) is 11.4 Å². The fourth-order valence-electron chi connectivity index (χ4n) is 3.59. The predicted molar refractivity (Wildman–Crippen MR) is 139 cm³/mol. The number of nitrogens with one attached hydrogen (secondary N) is 2. The Balaban J connectivity index is 1.96. The molecule has 2 amide bonds. The highest BCUT2D eigenvalue weighted by Gasteiger charge is 2.29. The minimum Gasteiger partial charge on any atom is -0.352 e. The maximum Gasteiger partial charge on any atom is 0.264 e. The maximum atomic E-state index is 13.7. The van der Waals surface area contributed by atoms with Crippen molar-refractivity contribution in [2.45, 2.75) is 39.0 Å². The lowest BCUT2D eigenvalue weighted by Crippen LogP contribution is -2.39. The van der Waals surface area contributed by atoms with Crippen molar-refractivity contribution in [2.24, 2.45) is 0 Å². The van der Waals surface area contributed by atoms with Crippen molar-refractivity contribution < 1.29 is 18.0 Å². The molecule has 0 aliphatic heterocycles. The van der Waals surface area contributed by atoms with Crippen LogP contribution in [0.15, 0.2) is 71.6 Å². The number of para-hydroxylation sites is 1. The Kier molecular flexibility index (Phi) is 8.30. The van der Waals surface area contributed by atoms with E-state index >= 15 is 0 Å². The normalized spacial score (nSPS) is 11.1. The number of sulfonamides is 1. The van der Waals surface area contributed by atoms with Crippen LogP contribution in [0, 0.1) is 20.8 Å². The number of carbonyl (C=O) groups is 2. The molecule has 3 aromatic rings. The van der Waals surface area contributed by atoms with Gasteiger partial charge >= 0.3 is 0 Å². The molecule has 0 heterocycles. The highest BCUT2D eigenvalue weighted by Crippen LogP contribution is 2.29. The predicted octanol–water partition coefficient (Wildman–Crippen LogP) is 4.59. The van der Waals surface area contributed by atoms with Crippen LogP contribution in [-0.2, 0) is 14.8 Å². The summed E-state index contributed by atoms with van der Waals surface area (Å²) in [6.07, 6.45) is 0.780. The summed E-state index contributed by atoms with van der Waals surface area (Å²) in [4.78, 5) is 25.8. The van der Waals surface area contributed by atoms with Crippen LogP contribution >= 0.6 is 0 Å². The van der Waals surface area contributed by atoms with Crippen LogP contribution in [0.1, 0.15) is 40.4 Å². The number of amides is 2. The van der Waals surface area contributed by atoms with Gasteiger partial charge in [0, 0.05) is 6.54 Å². The van der Waals surface area contributed by atoms with Gasteiger partial charge in [0.25, 0.3) is 15.9 Å². The molecule has 3 rings (SSSR count). The summed E-state index contributed by atoms with van der Waals surface area (Å²) in [5, 5.41) is 5.53. The summed E-state index contributed by atoms with van der Waals surface area (Å²) < 4.78 is 28.5. The first-order valence-electron chi connectivity index (χ1n) is 11.5. The van der Waals surface area contributed by atoms with E-state index in [1.165, 1.54) is 12.1 Å². The molecule has 0 saturated heterocycles. The molecule has 0 aliphatic rings. The first-order valence-corrected chi connectivity index (χ1v) is 12.9. The summed E-state index contributed by atoms with van der Waals surface area (Å²) in [6, 6.07) is 18.5. The van der Waals surface area contributed by atoms with E-state index in [0.29, 0.717) is 23.5 Å². The number of rotatable bonds is 9. The lowest BCUT2D eigenvalue weighted by Gasteiger charge is -2.26. The lowest BCUT2D eigenvalue weighted by atomic mass is 10.1. The van der Waals surface area contributed by atoms with Gasteiger partial charge in [-0.05, 0) is 68.7 Å². The van der Waals surface area contributed by atoms with Crippen molar-refractivity contribution in [1.29, 1.82) is 0 Å². The molecule has 0 fully saturated rings. The van der Waals surface area contributed by atoms with E-state index in [2.05, 4.69) is 10.6 Å². The highest BCUT2D eigenvalue weighted by atomic mass is 32.2. The molecule has 0 radical (unpaired) electrons. The van der Waals surface area contributed by atoms with E-state index in [4.69, 9.17) is 0 Å². The van der Waals surface area contributed by atoms with E-state index in [1.54, 1.807) is 48.5 Å². The number of nitrogens with zero attached hydrogens (tertiary/aromatic N) is 1. The number of benzene rings is 3. The Bertz CT molecular complexity index is 1320. The molecule has 0 bridgehead atoms. The minimum absolute atomic E-state index is 0.0937. The smallest absolute Gasteiger partial charge is 0.264 e. The topological polar surface area (TPSA) is 95.6 Å². The van der Waals surface area contributed by atoms with Gasteiger partial charge in [-0.2, -0.15) is 0 Å². The first kappa shape index (κ1) is 26.0. The average Bonchev–Trinajstić information content (AvgIpc) is 2.83. The third kappa shape index (κ3) is 6.08. The minimum atomic E-state index is -4.04. The van der Waals surface area contributed by atoms with Crippen LogP contribution in [0.25, 0.3) is 0 Å². The highest BCUT2D eigenvalue weighted by molar-refractivity contribution is 7.92. The molecular formula is C27H31N3O4S. The van der Waals surface area contributed by atoms with Gasteiger partial charge in [-0.25, -0.2) is 8.42 Å². The summed E-state index contributed by atoms with van der Waals surface area (Å²) in [7, 11) is -4.04. The molecule has 35 heavy (non-hydrogen) atoms. The summed E-state index contributed by atoms with van der Waals surface area (Å²) in [6.45, 7) is 7.60. The van der Waals surface area contributed by atoms with Gasteiger partial charge in [-0.3, -0.25) is 13.9 Å². The number of hydrogen-bond acceptors (Lipinski definition) is 4. The van der Waals surface area contributed by atoms with Crippen LogP contribution in [0.5, 0.6) is 0 Å². The second-order valence-corrected chi connectivity index (χ2v) is 10.3. The summed E-state index contributed by atoms with van der Waals surface area (Å²) >= 11 is 0. The van der Waals surface area contributed by atoms with Gasteiger partial charge in [0.15, 0.2) is 0 Å². The van der Waals surface area contributed by atoms with E-state index in [9.17, 15) is 18.0 Å². The molecule has 184 valence electrons. The van der Waals surface area contributed by atoms with E-state index in [1.807, 2.05) is 33.8 Å². The van der Waals surface area contributed by atoms with E-state index in [-0.39, 0.29) is 10.8 Å². The quantitative estimate of drug-likeness (QED) is 0.456. The van der Waals surface area contributed by atoms with Crippen LogP contribution in [0.2, 0.25) is 0 Å². The molecule has 2 N–H and O–H groups in total. The average molecular weight is 494 g/mol. The Morgan fingerprint density at radius 1 is 0.886 bits per heavy atom. The van der Waals surface area contributed by atoms with Crippen molar-refractivity contribution in [3.8, 4) is 0 Å². The largest absolute Gasteiger partial charge is 0.352 e. The molecule has 3 aromatic carbocycles. The molecule has 0 unspecified atom stereocenters.